The molecule has 1 aliphatic heterocycles. The highest BCUT2D eigenvalue weighted by atomic mass is 32.1. The van der Waals surface area contributed by atoms with E-state index in [0.29, 0.717) is 18.2 Å². The van der Waals surface area contributed by atoms with Gasteiger partial charge in [0.25, 0.3) is 0 Å². The highest BCUT2D eigenvalue weighted by molar-refractivity contribution is 7.08. The average Bonchev–Trinajstić information content (AvgIpc) is 3.52. The molecule has 4 heterocycles. The molecule has 8 heteroatoms. The topological polar surface area (TPSA) is 95.0 Å². The third-order valence-corrected chi connectivity index (χ3v) is 7.85. The number of rotatable bonds is 6. The maximum absolute atomic E-state index is 11.0. The number of nitrogens with one attached hydrogen (secondary N) is 1. The molecule has 0 bridgehead atoms. The van der Waals surface area contributed by atoms with Gasteiger partial charge in [-0.15, -0.1) is 0 Å². The van der Waals surface area contributed by atoms with Gasteiger partial charge in [-0.3, -0.25) is 9.89 Å². The fourth-order valence-electron chi connectivity index (χ4n) is 5.34. The lowest BCUT2D eigenvalue weighted by atomic mass is 9.72. The molecule has 168 valence electrons. The molecule has 3 aromatic heterocycles. The zero-order valence-corrected chi connectivity index (χ0v) is 18.9. The molecule has 0 radical (unpaired) electrons. The highest BCUT2D eigenvalue weighted by Crippen LogP contribution is 2.39. The van der Waals surface area contributed by atoms with Crippen LogP contribution < -0.4 is 4.90 Å². The zero-order chi connectivity index (χ0) is 21.9. The monoisotopic (exact) mass is 451 g/mol. The van der Waals surface area contributed by atoms with Crippen molar-refractivity contribution in [3.05, 3.63) is 35.2 Å². The van der Waals surface area contributed by atoms with Crippen LogP contribution in [0.3, 0.4) is 0 Å². The molecule has 1 aliphatic carbocycles. The normalized spacial score (nSPS) is 22.2. The highest BCUT2D eigenvalue weighted by Gasteiger charge is 2.31. The van der Waals surface area contributed by atoms with Crippen LogP contribution in [-0.4, -0.2) is 44.3 Å². The van der Waals surface area contributed by atoms with E-state index in [1.165, 1.54) is 25.7 Å². The molecular weight excluding hydrogens is 422 g/mol. The SMILES string of the molecule is O=C(O)CC1CCC(C2CCN(c3ccc(-c4nc(-c5ccsc5)n[nH]4)cn3)CC2)CC1. The van der Waals surface area contributed by atoms with E-state index >= 15 is 0 Å². The number of pyridine rings is 1. The van der Waals surface area contributed by atoms with Crippen molar-refractivity contribution in [3.63, 3.8) is 0 Å². The predicted octanol–water partition coefficient (Wildman–Crippen LogP) is 5.09. The van der Waals surface area contributed by atoms with Crippen LogP contribution >= 0.6 is 11.3 Å². The van der Waals surface area contributed by atoms with Gasteiger partial charge in [0.2, 0.25) is 0 Å². The van der Waals surface area contributed by atoms with Crippen molar-refractivity contribution in [1.29, 1.82) is 0 Å². The number of hydrogen-bond acceptors (Lipinski definition) is 6. The molecule has 0 amide bonds. The van der Waals surface area contributed by atoms with Crippen LogP contribution in [0.2, 0.25) is 0 Å². The van der Waals surface area contributed by atoms with Crippen LogP contribution in [0.1, 0.15) is 44.9 Å². The number of aromatic amines is 1. The number of carboxylic acid groups (broad SMARTS) is 1. The summed E-state index contributed by atoms with van der Waals surface area (Å²) in [7, 11) is 0. The summed E-state index contributed by atoms with van der Waals surface area (Å²) >= 11 is 1.64. The largest absolute Gasteiger partial charge is 0.481 e. The summed E-state index contributed by atoms with van der Waals surface area (Å²) in [5, 5.41) is 20.4. The van der Waals surface area contributed by atoms with E-state index in [0.717, 1.165) is 60.5 Å². The van der Waals surface area contributed by atoms with Gasteiger partial charge >= 0.3 is 5.97 Å². The number of nitrogens with zero attached hydrogens (tertiary/aromatic N) is 4. The fourth-order valence-corrected chi connectivity index (χ4v) is 5.97. The molecule has 2 N–H and O–H groups in total. The van der Waals surface area contributed by atoms with Gasteiger partial charge in [0.05, 0.1) is 0 Å². The Bertz CT molecular complexity index is 1020. The van der Waals surface area contributed by atoms with Crippen molar-refractivity contribution in [2.75, 3.05) is 18.0 Å². The molecule has 1 saturated heterocycles. The van der Waals surface area contributed by atoms with Crippen LogP contribution in [0, 0.1) is 17.8 Å². The molecule has 5 rings (SSSR count). The standard InChI is InChI=1S/C24H29N5O2S/c30-22(31)13-16-1-3-17(4-2-16)18-7-10-29(11-8-18)21-6-5-19(14-25-21)23-26-24(28-27-23)20-9-12-32-15-20/h5-6,9,12,14-18H,1-4,7-8,10-11,13H2,(H,30,31)(H,26,27,28). The fraction of sp³-hybridized carbons (Fsp3) is 0.500. The molecule has 1 saturated carbocycles. The molecule has 3 aromatic rings. The number of anilines is 1. The minimum Gasteiger partial charge on any atom is -0.481 e. The second kappa shape index (κ2) is 9.40. The molecule has 2 fully saturated rings. The number of carboxylic acids is 1. The summed E-state index contributed by atoms with van der Waals surface area (Å²) in [6.45, 7) is 2.08. The maximum atomic E-state index is 11.0. The van der Waals surface area contributed by atoms with Gasteiger partial charge in [-0.25, -0.2) is 9.97 Å². The van der Waals surface area contributed by atoms with Crippen molar-refractivity contribution >= 4 is 23.1 Å². The van der Waals surface area contributed by atoms with Crippen molar-refractivity contribution in [3.8, 4) is 22.8 Å². The second-order valence-corrected chi connectivity index (χ2v) is 9.91. The van der Waals surface area contributed by atoms with Crippen LogP contribution in [0.15, 0.2) is 35.2 Å². The number of aromatic nitrogens is 4. The summed E-state index contributed by atoms with van der Waals surface area (Å²) in [5.74, 6) is 3.74. The van der Waals surface area contributed by atoms with Crippen LogP contribution in [0.5, 0.6) is 0 Å². The lowest BCUT2D eigenvalue weighted by Gasteiger charge is -2.39. The van der Waals surface area contributed by atoms with Gasteiger partial charge in [-0.2, -0.15) is 16.4 Å². The summed E-state index contributed by atoms with van der Waals surface area (Å²) in [4.78, 5) is 22.6. The molecule has 0 aromatic carbocycles. The predicted molar refractivity (Wildman–Crippen MR) is 126 cm³/mol. The third kappa shape index (κ3) is 4.70. The van der Waals surface area contributed by atoms with Crippen molar-refractivity contribution in [2.24, 2.45) is 17.8 Å². The van der Waals surface area contributed by atoms with Crippen molar-refractivity contribution in [1.82, 2.24) is 20.2 Å². The zero-order valence-electron chi connectivity index (χ0n) is 18.1. The minimum absolute atomic E-state index is 0.343. The van der Waals surface area contributed by atoms with Gasteiger partial charge in [-0.05, 0) is 79.9 Å². The Hall–Kier alpha value is -2.74. The number of aliphatic carboxylic acids is 1. The second-order valence-electron chi connectivity index (χ2n) is 9.13. The first kappa shape index (κ1) is 21.1. The summed E-state index contributed by atoms with van der Waals surface area (Å²) in [5.41, 5.74) is 1.97. The van der Waals surface area contributed by atoms with Crippen LogP contribution in [0.25, 0.3) is 22.8 Å². The summed E-state index contributed by atoms with van der Waals surface area (Å²) < 4.78 is 0. The first-order chi connectivity index (χ1) is 15.7. The van der Waals surface area contributed by atoms with E-state index < -0.39 is 5.97 Å². The maximum Gasteiger partial charge on any atom is 0.303 e. The molecule has 2 aliphatic rings. The van der Waals surface area contributed by atoms with Crippen LogP contribution in [-0.2, 0) is 4.79 Å². The Kier molecular flexibility index (Phi) is 6.21. The summed E-state index contributed by atoms with van der Waals surface area (Å²) in [6, 6.07) is 6.17. The van der Waals surface area contributed by atoms with E-state index in [2.05, 4.69) is 32.2 Å². The summed E-state index contributed by atoms with van der Waals surface area (Å²) in [6.07, 6.45) is 9.17. The Labute approximate surface area is 191 Å². The molecule has 0 unspecified atom stereocenters. The van der Waals surface area contributed by atoms with Gasteiger partial charge in [0, 0.05) is 42.2 Å². The Morgan fingerprint density at radius 3 is 2.50 bits per heavy atom. The van der Waals surface area contributed by atoms with E-state index in [-0.39, 0.29) is 0 Å². The number of thiophene rings is 1. The first-order valence-electron chi connectivity index (χ1n) is 11.5. The third-order valence-electron chi connectivity index (χ3n) is 7.17. The lowest BCUT2D eigenvalue weighted by molar-refractivity contribution is -0.138. The Morgan fingerprint density at radius 2 is 1.84 bits per heavy atom. The quantitative estimate of drug-likeness (QED) is 0.542. The van der Waals surface area contributed by atoms with Crippen LogP contribution in [0.4, 0.5) is 5.82 Å². The van der Waals surface area contributed by atoms with Crippen molar-refractivity contribution in [2.45, 2.75) is 44.9 Å². The number of carbonyl (C=O) groups is 1. The number of hydrogen-bond donors (Lipinski definition) is 2. The van der Waals surface area contributed by atoms with Gasteiger partial charge in [0.15, 0.2) is 11.6 Å². The molecule has 0 spiro atoms. The van der Waals surface area contributed by atoms with Crippen molar-refractivity contribution < 1.29 is 9.90 Å². The molecule has 32 heavy (non-hydrogen) atoms. The van der Waals surface area contributed by atoms with E-state index in [1.807, 2.05) is 23.0 Å². The van der Waals surface area contributed by atoms with Gasteiger partial charge < -0.3 is 10.0 Å². The Morgan fingerprint density at radius 1 is 1.06 bits per heavy atom. The minimum atomic E-state index is -0.647. The lowest BCUT2D eigenvalue weighted by Crippen LogP contribution is -2.37. The van der Waals surface area contributed by atoms with Gasteiger partial charge in [0.1, 0.15) is 5.82 Å². The first-order valence-corrected chi connectivity index (χ1v) is 12.5. The van der Waals surface area contributed by atoms with Gasteiger partial charge in [-0.1, -0.05) is 0 Å². The molecule has 0 atom stereocenters. The number of piperidine rings is 1. The average molecular weight is 452 g/mol. The smallest absolute Gasteiger partial charge is 0.303 e. The Balaban J connectivity index is 1.14. The van der Waals surface area contributed by atoms with E-state index in [9.17, 15) is 4.79 Å². The van der Waals surface area contributed by atoms with E-state index in [1.54, 1.807) is 11.3 Å². The molecule has 7 nitrogen and oxygen atoms in total. The number of H-pyrrole nitrogens is 1. The van der Waals surface area contributed by atoms with E-state index in [4.69, 9.17) is 10.1 Å². The molecular formula is C24H29N5O2S.